The van der Waals surface area contributed by atoms with Crippen molar-refractivity contribution in [3.8, 4) is 21.7 Å². The summed E-state index contributed by atoms with van der Waals surface area (Å²) in [5.41, 5.74) is 5.89. The number of hydrogen-bond donors (Lipinski definition) is 1. The van der Waals surface area contributed by atoms with Crippen molar-refractivity contribution in [1.82, 2.24) is 15.2 Å². The number of rotatable bonds is 5. The van der Waals surface area contributed by atoms with Crippen LogP contribution in [0, 0.1) is 5.82 Å². The molecule has 0 aliphatic heterocycles. The minimum absolute atomic E-state index is 0.0202. The Balaban J connectivity index is 1.71. The number of nitrogens with zero attached hydrogens (tertiary/aromatic N) is 2. The topological polar surface area (TPSA) is 41.6 Å². The molecule has 0 radical (unpaired) electrons. The zero-order chi connectivity index (χ0) is 22.2. The number of aromatic amines is 1. The van der Waals surface area contributed by atoms with Crippen LogP contribution in [-0.4, -0.2) is 15.2 Å². The van der Waals surface area contributed by atoms with E-state index in [0.29, 0.717) is 5.56 Å². The van der Waals surface area contributed by atoms with Crippen LogP contribution >= 0.6 is 11.3 Å². The molecule has 0 fully saturated rings. The molecule has 5 heteroatoms. The fourth-order valence-electron chi connectivity index (χ4n) is 4.10. The van der Waals surface area contributed by atoms with E-state index in [-0.39, 0.29) is 16.6 Å². The second-order valence-corrected chi connectivity index (χ2v) is 10.6. The van der Waals surface area contributed by atoms with E-state index in [2.05, 4.69) is 68.0 Å². The first kappa shape index (κ1) is 21.4. The molecule has 0 spiro atoms. The van der Waals surface area contributed by atoms with E-state index in [1.165, 1.54) is 16.7 Å². The van der Waals surface area contributed by atoms with Crippen molar-refractivity contribution >= 4 is 11.3 Å². The van der Waals surface area contributed by atoms with Crippen LogP contribution in [-0.2, 0) is 17.3 Å². The smallest absolute Gasteiger partial charge is 0.126 e. The van der Waals surface area contributed by atoms with Crippen LogP contribution in [0.2, 0.25) is 0 Å². The van der Waals surface area contributed by atoms with Crippen molar-refractivity contribution in [1.29, 1.82) is 0 Å². The molecule has 0 aliphatic carbocycles. The molecule has 2 aromatic carbocycles. The average molecular weight is 434 g/mol. The third-order valence-electron chi connectivity index (χ3n) is 5.73. The number of aromatic nitrogens is 3. The van der Waals surface area contributed by atoms with E-state index in [1.807, 2.05) is 23.8 Å². The van der Waals surface area contributed by atoms with Gasteiger partial charge in [-0.2, -0.15) is 5.10 Å². The van der Waals surface area contributed by atoms with Gasteiger partial charge in [0.15, 0.2) is 0 Å². The maximum Gasteiger partial charge on any atom is 0.126 e. The van der Waals surface area contributed by atoms with Gasteiger partial charge in [0, 0.05) is 28.9 Å². The summed E-state index contributed by atoms with van der Waals surface area (Å²) in [7, 11) is 0. The van der Waals surface area contributed by atoms with Crippen molar-refractivity contribution in [2.75, 3.05) is 0 Å². The largest absolute Gasteiger partial charge is 0.285 e. The fourth-order valence-corrected chi connectivity index (χ4v) is 4.78. The summed E-state index contributed by atoms with van der Waals surface area (Å²) in [5, 5.41) is 9.89. The van der Waals surface area contributed by atoms with Crippen LogP contribution in [0.3, 0.4) is 0 Å². The number of thiazole rings is 1. The number of nitrogens with one attached hydrogen (secondary N) is 1. The molecule has 0 unspecified atom stereocenters. The SMILES string of the molecule is CC(C)(C)c1cc(CC(C)(C)c2cc(-c3cn[nH]c3)ccc2F)ccc1-c1nccs1. The predicted molar refractivity (Wildman–Crippen MR) is 127 cm³/mol. The number of hydrogen-bond acceptors (Lipinski definition) is 3. The molecule has 0 atom stereocenters. The molecule has 0 saturated carbocycles. The van der Waals surface area contributed by atoms with Gasteiger partial charge in [0.1, 0.15) is 10.8 Å². The third-order valence-corrected chi connectivity index (χ3v) is 6.53. The van der Waals surface area contributed by atoms with Gasteiger partial charge in [-0.25, -0.2) is 9.37 Å². The molecule has 31 heavy (non-hydrogen) atoms. The van der Waals surface area contributed by atoms with Crippen molar-refractivity contribution in [3.63, 3.8) is 0 Å². The quantitative estimate of drug-likeness (QED) is 0.363. The number of halogens is 1. The monoisotopic (exact) mass is 433 g/mol. The van der Waals surface area contributed by atoms with Crippen LogP contribution in [0.25, 0.3) is 21.7 Å². The van der Waals surface area contributed by atoms with Gasteiger partial charge in [0.05, 0.1) is 6.20 Å². The lowest BCUT2D eigenvalue weighted by molar-refractivity contribution is 0.480. The van der Waals surface area contributed by atoms with Gasteiger partial charge in [-0.05, 0) is 51.6 Å². The molecule has 2 aromatic heterocycles. The van der Waals surface area contributed by atoms with Gasteiger partial charge < -0.3 is 0 Å². The summed E-state index contributed by atoms with van der Waals surface area (Å²) in [6, 6.07) is 11.9. The Labute approximate surface area is 187 Å². The van der Waals surface area contributed by atoms with Gasteiger partial charge in [-0.1, -0.05) is 58.9 Å². The maximum absolute atomic E-state index is 14.9. The Morgan fingerprint density at radius 3 is 2.42 bits per heavy atom. The Hall–Kier alpha value is -2.79. The standard InChI is InChI=1S/C26H28FN3S/c1-25(2,3)21-12-17(6-8-20(21)24-28-10-11-31-24)14-26(4,5)22-13-18(7-9-23(22)27)19-15-29-30-16-19/h6-13,15-16H,14H2,1-5H3,(H,29,30). The summed E-state index contributed by atoms with van der Waals surface area (Å²) in [5.74, 6) is -0.173. The highest BCUT2D eigenvalue weighted by Crippen LogP contribution is 2.37. The first-order chi connectivity index (χ1) is 14.6. The van der Waals surface area contributed by atoms with E-state index in [4.69, 9.17) is 0 Å². The first-order valence-electron chi connectivity index (χ1n) is 10.5. The van der Waals surface area contributed by atoms with Crippen molar-refractivity contribution in [3.05, 3.63) is 82.9 Å². The highest BCUT2D eigenvalue weighted by Gasteiger charge is 2.27. The molecular formula is C26H28FN3S. The van der Waals surface area contributed by atoms with Crippen LogP contribution in [0.4, 0.5) is 4.39 Å². The lowest BCUT2D eigenvalue weighted by Gasteiger charge is -2.28. The van der Waals surface area contributed by atoms with Gasteiger partial charge >= 0.3 is 0 Å². The van der Waals surface area contributed by atoms with E-state index in [0.717, 1.165) is 22.6 Å². The summed E-state index contributed by atoms with van der Waals surface area (Å²) in [4.78, 5) is 4.52. The molecule has 3 nitrogen and oxygen atoms in total. The molecule has 0 bridgehead atoms. The van der Waals surface area contributed by atoms with Crippen molar-refractivity contribution in [2.45, 2.75) is 51.9 Å². The second-order valence-electron chi connectivity index (χ2n) is 9.71. The lowest BCUT2D eigenvalue weighted by atomic mass is 9.76. The highest BCUT2D eigenvalue weighted by atomic mass is 32.1. The molecule has 1 N–H and O–H groups in total. The summed E-state index contributed by atoms with van der Waals surface area (Å²) >= 11 is 1.66. The van der Waals surface area contributed by atoms with Gasteiger partial charge in [0.2, 0.25) is 0 Å². The molecule has 0 saturated heterocycles. The summed E-state index contributed by atoms with van der Waals surface area (Å²) in [6.07, 6.45) is 6.17. The zero-order valence-corrected chi connectivity index (χ0v) is 19.5. The molecule has 0 aliphatic rings. The lowest BCUT2D eigenvalue weighted by Crippen LogP contribution is -2.23. The molecule has 4 rings (SSSR count). The van der Waals surface area contributed by atoms with Gasteiger partial charge in [-0.15, -0.1) is 11.3 Å². The fraction of sp³-hybridized carbons (Fsp3) is 0.308. The van der Waals surface area contributed by atoms with Crippen LogP contribution < -0.4 is 0 Å². The van der Waals surface area contributed by atoms with Gasteiger partial charge in [0.25, 0.3) is 0 Å². The summed E-state index contributed by atoms with van der Waals surface area (Å²) < 4.78 is 14.9. The highest BCUT2D eigenvalue weighted by molar-refractivity contribution is 7.13. The van der Waals surface area contributed by atoms with E-state index in [1.54, 1.807) is 29.7 Å². The third kappa shape index (κ3) is 4.47. The Morgan fingerprint density at radius 1 is 0.968 bits per heavy atom. The predicted octanol–water partition coefficient (Wildman–Crippen LogP) is 7.16. The molecule has 160 valence electrons. The van der Waals surface area contributed by atoms with E-state index >= 15 is 0 Å². The molecule has 0 amide bonds. The molecule has 2 heterocycles. The van der Waals surface area contributed by atoms with E-state index in [9.17, 15) is 4.39 Å². The minimum atomic E-state index is -0.373. The zero-order valence-electron chi connectivity index (χ0n) is 18.7. The normalized spacial score (nSPS) is 12.3. The van der Waals surface area contributed by atoms with Crippen LogP contribution in [0.5, 0.6) is 0 Å². The number of H-pyrrole nitrogens is 1. The number of benzene rings is 2. The van der Waals surface area contributed by atoms with Crippen LogP contribution in [0.1, 0.15) is 51.3 Å². The van der Waals surface area contributed by atoms with Crippen LogP contribution in [0.15, 0.2) is 60.4 Å². The van der Waals surface area contributed by atoms with Crippen molar-refractivity contribution in [2.24, 2.45) is 0 Å². The Morgan fingerprint density at radius 2 is 1.77 bits per heavy atom. The van der Waals surface area contributed by atoms with Gasteiger partial charge in [-0.3, -0.25) is 5.10 Å². The minimum Gasteiger partial charge on any atom is -0.285 e. The van der Waals surface area contributed by atoms with Crippen molar-refractivity contribution < 1.29 is 4.39 Å². The second kappa shape index (κ2) is 8.04. The Bertz CT molecular complexity index is 1170. The average Bonchev–Trinajstić information content (AvgIpc) is 3.41. The Kier molecular flexibility index (Phi) is 5.56. The molecule has 4 aromatic rings. The summed E-state index contributed by atoms with van der Waals surface area (Å²) in [6.45, 7) is 10.9. The first-order valence-corrected chi connectivity index (χ1v) is 11.4. The molecular weight excluding hydrogens is 405 g/mol. The maximum atomic E-state index is 14.9. The van der Waals surface area contributed by atoms with E-state index < -0.39 is 0 Å².